The van der Waals surface area contributed by atoms with E-state index in [4.69, 9.17) is 9.47 Å². The van der Waals surface area contributed by atoms with Gasteiger partial charge in [0, 0.05) is 23.4 Å². The van der Waals surface area contributed by atoms with Gasteiger partial charge in [0.15, 0.2) is 0 Å². The van der Waals surface area contributed by atoms with Crippen LogP contribution in [0, 0.1) is 20.8 Å². The first-order valence-corrected chi connectivity index (χ1v) is 8.15. The molecule has 0 aliphatic heterocycles. The summed E-state index contributed by atoms with van der Waals surface area (Å²) in [7, 11) is 3.21. The van der Waals surface area contributed by atoms with Crippen molar-refractivity contribution in [3.05, 3.63) is 58.7 Å². The van der Waals surface area contributed by atoms with Crippen LogP contribution in [0.4, 0.5) is 5.69 Å². The van der Waals surface area contributed by atoms with E-state index >= 15 is 0 Å². The zero-order valence-electron chi connectivity index (χ0n) is 15.7. The second-order valence-electron chi connectivity index (χ2n) is 6.16. The molecule has 132 valence electrons. The normalized spacial score (nSPS) is 11.2. The fraction of sp³-hybridized carbons (Fsp3) is 0.286. The summed E-state index contributed by atoms with van der Waals surface area (Å²) in [5.74, 6) is 1.22. The highest BCUT2D eigenvalue weighted by atomic mass is 16.5. The summed E-state index contributed by atoms with van der Waals surface area (Å²) < 4.78 is 10.6. The standard InChI is InChI=1S/C21H25NO3/c1-13-9-15(3)21(16(4)10-13)22-20(23)11-14(2)18-8-7-17(24-5)12-19(18)25-6/h7-12H,1-6H3,(H,22,23)/b14-11+. The summed E-state index contributed by atoms with van der Waals surface area (Å²) in [6.07, 6.45) is 1.59. The minimum absolute atomic E-state index is 0.162. The summed E-state index contributed by atoms with van der Waals surface area (Å²) in [5, 5.41) is 2.99. The molecule has 0 aliphatic carbocycles. The number of carbonyl (C=O) groups is 1. The maximum Gasteiger partial charge on any atom is 0.248 e. The topological polar surface area (TPSA) is 47.6 Å². The van der Waals surface area contributed by atoms with Crippen LogP contribution in [-0.2, 0) is 4.79 Å². The SMILES string of the molecule is COc1ccc(/C(C)=C/C(=O)Nc2c(C)cc(C)cc2C)c(OC)c1. The summed E-state index contributed by atoms with van der Waals surface area (Å²) in [5.41, 5.74) is 5.83. The maximum absolute atomic E-state index is 12.5. The Morgan fingerprint density at radius 1 is 1.00 bits per heavy atom. The molecule has 0 atom stereocenters. The number of allylic oxidation sites excluding steroid dienone is 1. The molecule has 0 saturated heterocycles. The first-order chi connectivity index (χ1) is 11.8. The predicted octanol–water partition coefficient (Wildman–Crippen LogP) is 4.67. The van der Waals surface area contributed by atoms with E-state index < -0.39 is 0 Å². The van der Waals surface area contributed by atoms with Crippen molar-refractivity contribution in [1.29, 1.82) is 0 Å². The van der Waals surface area contributed by atoms with Gasteiger partial charge in [-0.3, -0.25) is 4.79 Å². The van der Waals surface area contributed by atoms with E-state index in [0.717, 1.165) is 28.0 Å². The van der Waals surface area contributed by atoms with Crippen LogP contribution >= 0.6 is 0 Å². The van der Waals surface area contributed by atoms with Crippen LogP contribution in [0.15, 0.2) is 36.4 Å². The highest BCUT2D eigenvalue weighted by Crippen LogP contribution is 2.30. The third-order valence-corrected chi connectivity index (χ3v) is 4.11. The van der Waals surface area contributed by atoms with Crippen molar-refractivity contribution < 1.29 is 14.3 Å². The number of hydrogen-bond donors (Lipinski definition) is 1. The molecule has 0 bridgehead atoms. The Morgan fingerprint density at radius 3 is 2.20 bits per heavy atom. The molecule has 0 saturated carbocycles. The lowest BCUT2D eigenvalue weighted by molar-refractivity contribution is -0.111. The largest absolute Gasteiger partial charge is 0.497 e. The van der Waals surface area contributed by atoms with E-state index in [2.05, 4.69) is 17.4 Å². The average molecular weight is 339 g/mol. The second kappa shape index (κ2) is 7.88. The van der Waals surface area contributed by atoms with Crippen molar-refractivity contribution in [2.24, 2.45) is 0 Å². The van der Waals surface area contributed by atoms with Crippen LogP contribution in [0.3, 0.4) is 0 Å². The number of ether oxygens (including phenoxy) is 2. The maximum atomic E-state index is 12.5. The summed E-state index contributed by atoms with van der Waals surface area (Å²) >= 11 is 0. The van der Waals surface area contributed by atoms with E-state index in [1.54, 1.807) is 26.4 Å². The minimum atomic E-state index is -0.162. The molecule has 0 aliphatic rings. The van der Waals surface area contributed by atoms with Crippen molar-refractivity contribution in [3.63, 3.8) is 0 Å². The van der Waals surface area contributed by atoms with Crippen molar-refractivity contribution >= 4 is 17.2 Å². The van der Waals surface area contributed by atoms with Gasteiger partial charge in [0.1, 0.15) is 11.5 Å². The Kier molecular flexibility index (Phi) is 5.86. The molecule has 0 heterocycles. The first-order valence-electron chi connectivity index (χ1n) is 8.15. The van der Waals surface area contributed by atoms with Gasteiger partial charge in [-0.25, -0.2) is 0 Å². The van der Waals surface area contributed by atoms with Crippen LogP contribution in [0.25, 0.3) is 5.57 Å². The number of aryl methyl sites for hydroxylation is 3. The van der Waals surface area contributed by atoms with Crippen LogP contribution in [0.1, 0.15) is 29.2 Å². The number of hydrogen-bond acceptors (Lipinski definition) is 3. The van der Waals surface area contributed by atoms with E-state index in [0.29, 0.717) is 11.5 Å². The van der Waals surface area contributed by atoms with Crippen molar-refractivity contribution in [3.8, 4) is 11.5 Å². The lowest BCUT2D eigenvalue weighted by atomic mass is 10.0. The van der Waals surface area contributed by atoms with Gasteiger partial charge in [-0.2, -0.15) is 0 Å². The number of carbonyl (C=O) groups excluding carboxylic acids is 1. The highest BCUT2D eigenvalue weighted by Gasteiger charge is 2.10. The molecule has 25 heavy (non-hydrogen) atoms. The molecule has 2 aromatic rings. The van der Waals surface area contributed by atoms with Gasteiger partial charge in [0.05, 0.1) is 14.2 Å². The van der Waals surface area contributed by atoms with Gasteiger partial charge >= 0.3 is 0 Å². The molecule has 2 rings (SSSR count). The molecule has 4 heteroatoms. The number of rotatable bonds is 5. The Bertz CT molecular complexity index is 799. The number of nitrogens with one attached hydrogen (secondary N) is 1. The quantitative estimate of drug-likeness (QED) is 0.805. The molecular weight excluding hydrogens is 314 g/mol. The number of anilines is 1. The molecule has 1 N–H and O–H groups in total. The molecule has 0 aromatic heterocycles. The molecule has 4 nitrogen and oxygen atoms in total. The van der Waals surface area contributed by atoms with Gasteiger partial charge in [-0.1, -0.05) is 17.7 Å². The van der Waals surface area contributed by atoms with E-state index in [-0.39, 0.29) is 5.91 Å². The predicted molar refractivity (Wildman–Crippen MR) is 102 cm³/mol. The van der Waals surface area contributed by atoms with E-state index in [1.807, 2.05) is 39.8 Å². The fourth-order valence-electron chi connectivity index (χ4n) is 2.94. The number of amides is 1. The van der Waals surface area contributed by atoms with Crippen LogP contribution in [0.5, 0.6) is 11.5 Å². The van der Waals surface area contributed by atoms with Gasteiger partial charge < -0.3 is 14.8 Å². The van der Waals surface area contributed by atoms with Crippen LogP contribution < -0.4 is 14.8 Å². The Morgan fingerprint density at radius 2 is 1.64 bits per heavy atom. The summed E-state index contributed by atoms with van der Waals surface area (Å²) in [4.78, 5) is 12.5. The summed E-state index contributed by atoms with van der Waals surface area (Å²) in [6.45, 7) is 7.93. The van der Waals surface area contributed by atoms with Gasteiger partial charge in [-0.05, 0) is 56.5 Å². The molecule has 0 fully saturated rings. The molecule has 0 radical (unpaired) electrons. The lowest BCUT2D eigenvalue weighted by Gasteiger charge is -2.13. The fourth-order valence-corrected chi connectivity index (χ4v) is 2.94. The van der Waals surface area contributed by atoms with Crippen LogP contribution in [0.2, 0.25) is 0 Å². The van der Waals surface area contributed by atoms with Crippen molar-refractivity contribution in [1.82, 2.24) is 0 Å². The summed E-state index contributed by atoms with van der Waals surface area (Å²) in [6, 6.07) is 9.66. The van der Waals surface area contributed by atoms with Crippen LogP contribution in [-0.4, -0.2) is 20.1 Å². The van der Waals surface area contributed by atoms with Crippen molar-refractivity contribution in [2.45, 2.75) is 27.7 Å². The third kappa shape index (κ3) is 4.41. The third-order valence-electron chi connectivity index (χ3n) is 4.11. The molecule has 1 amide bonds. The molecular formula is C21H25NO3. The van der Waals surface area contributed by atoms with Gasteiger partial charge in [0.2, 0.25) is 5.91 Å². The van der Waals surface area contributed by atoms with Gasteiger partial charge in [0.25, 0.3) is 0 Å². The first kappa shape index (κ1) is 18.6. The Labute approximate surface area is 149 Å². The zero-order valence-corrected chi connectivity index (χ0v) is 15.7. The number of benzene rings is 2. The molecule has 2 aromatic carbocycles. The molecule has 0 unspecified atom stereocenters. The minimum Gasteiger partial charge on any atom is -0.497 e. The monoisotopic (exact) mass is 339 g/mol. The van der Waals surface area contributed by atoms with Gasteiger partial charge in [-0.15, -0.1) is 0 Å². The average Bonchev–Trinajstić information content (AvgIpc) is 2.57. The smallest absolute Gasteiger partial charge is 0.248 e. The van der Waals surface area contributed by atoms with E-state index in [1.165, 1.54) is 5.56 Å². The zero-order chi connectivity index (χ0) is 18.6. The van der Waals surface area contributed by atoms with E-state index in [9.17, 15) is 4.79 Å². The Balaban J connectivity index is 2.27. The highest BCUT2D eigenvalue weighted by molar-refractivity contribution is 6.04. The second-order valence-corrected chi connectivity index (χ2v) is 6.16. The lowest BCUT2D eigenvalue weighted by Crippen LogP contribution is -2.11. The Hall–Kier alpha value is -2.75. The number of methoxy groups -OCH3 is 2. The van der Waals surface area contributed by atoms with Crippen molar-refractivity contribution in [2.75, 3.05) is 19.5 Å². The molecule has 0 spiro atoms.